The van der Waals surface area contributed by atoms with Crippen LogP contribution in [0, 0.1) is 5.92 Å². The Balaban J connectivity index is 5.86. The van der Waals surface area contributed by atoms with E-state index in [9.17, 15) is 33.3 Å². The molecular weight excluding hydrogens is 309 g/mol. The van der Waals surface area contributed by atoms with Gasteiger partial charge in [0.15, 0.2) is 4.90 Å². The number of hydrogen-bond acceptors (Lipinski definition) is 3. The van der Waals surface area contributed by atoms with Crippen molar-refractivity contribution in [3.8, 4) is 0 Å². The summed E-state index contributed by atoms with van der Waals surface area (Å²) in [5.41, 5.74) is 0. The molecule has 110 valence electrons. The van der Waals surface area contributed by atoms with Crippen molar-refractivity contribution in [2.75, 3.05) is 6.16 Å². The molecule has 0 aliphatic carbocycles. The highest BCUT2D eigenvalue weighted by Crippen LogP contribution is 2.74. The first-order valence-electron chi connectivity index (χ1n) is 4.85. The van der Waals surface area contributed by atoms with Gasteiger partial charge in [-0.25, -0.2) is 0 Å². The topological polar surface area (TPSA) is 173 Å². The summed E-state index contributed by atoms with van der Waals surface area (Å²) in [5.74, 6) is -1.55. The zero-order chi connectivity index (χ0) is 15.0. The molecule has 0 aromatic carbocycles. The molecule has 6 N–H and O–H groups in total. The molecule has 0 aliphatic rings. The molecule has 0 aromatic heterocycles. The fourth-order valence-electron chi connectivity index (χ4n) is 2.01. The van der Waals surface area contributed by atoms with Gasteiger partial charge in [-0.3, -0.25) is 13.7 Å². The van der Waals surface area contributed by atoms with Crippen LogP contribution in [0.4, 0.5) is 0 Å². The van der Waals surface area contributed by atoms with Crippen molar-refractivity contribution in [2.45, 2.75) is 25.2 Å². The Kier molecular flexibility index (Phi) is 5.58. The van der Waals surface area contributed by atoms with Crippen LogP contribution in [0.15, 0.2) is 0 Å². The van der Waals surface area contributed by atoms with Gasteiger partial charge in [-0.15, -0.1) is 0 Å². The Morgan fingerprint density at radius 1 is 0.944 bits per heavy atom. The van der Waals surface area contributed by atoms with E-state index in [1.54, 1.807) is 0 Å². The zero-order valence-corrected chi connectivity index (χ0v) is 12.4. The van der Waals surface area contributed by atoms with E-state index in [-0.39, 0.29) is 0 Å². The summed E-state index contributed by atoms with van der Waals surface area (Å²) in [6.45, 7) is 2.15. The lowest BCUT2D eigenvalue weighted by molar-refractivity contribution is 0.273. The lowest BCUT2D eigenvalue weighted by Gasteiger charge is -2.38. The summed E-state index contributed by atoms with van der Waals surface area (Å²) < 4.78 is 33.7. The fourth-order valence-corrected chi connectivity index (χ4v) is 6.83. The van der Waals surface area contributed by atoms with E-state index in [1.165, 1.54) is 0 Å². The molecule has 0 rings (SSSR count). The van der Waals surface area contributed by atoms with Crippen molar-refractivity contribution >= 4 is 22.8 Å². The van der Waals surface area contributed by atoms with E-state index in [0.717, 1.165) is 13.8 Å². The van der Waals surface area contributed by atoms with Crippen LogP contribution in [0.3, 0.4) is 0 Å². The lowest BCUT2D eigenvalue weighted by Crippen LogP contribution is -2.37. The van der Waals surface area contributed by atoms with Crippen molar-refractivity contribution < 1.29 is 43.1 Å². The first-order chi connectivity index (χ1) is 7.69. The maximum absolute atomic E-state index is 11.4. The normalized spacial score (nSPS) is 16.7. The molecule has 0 amide bonds. The molecule has 12 heteroatoms. The summed E-state index contributed by atoms with van der Waals surface area (Å²) in [6, 6.07) is 0. The minimum Gasteiger partial charge on any atom is -0.324 e. The highest BCUT2D eigenvalue weighted by molar-refractivity contribution is 7.72. The van der Waals surface area contributed by atoms with Gasteiger partial charge < -0.3 is 29.4 Å². The van der Waals surface area contributed by atoms with Gasteiger partial charge in [-0.1, -0.05) is 13.8 Å². The Morgan fingerprint density at radius 2 is 1.28 bits per heavy atom. The average Bonchev–Trinajstić information content (AvgIpc) is 1.95. The lowest BCUT2D eigenvalue weighted by atomic mass is 10.1. The minimum absolute atomic E-state index is 0.608. The van der Waals surface area contributed by atoms with Gasteiger partial charge >= 0.3 is 22.8 Å². The SMILES string of the molecule is CCC(C(C)CP(=O)(O)O)(P(=O)(O)O)P(=O)(O)O. The molecule has 0 bridgehead atoms. The molecule has 0 fully saturated rings. The van der Waals surface area contributed by atoms with Crippen molar-refractivity contribution in [1.29, 1.82) is 0 Å². The molecule has 0 radical (unpaired) electrons. The van der Waals surface area contributed by atoms with Gasteiger partial charge in [0.1, 0.15) is 0 Å². The third kappa shape index (κ3) is 3.73. The van der Waals surface area contributed by atoms with Crippen LogP contribution < -0.4 is 0 Å². The largest absolute Gasteiger partial charge is 0.344 e. The number of rotatable bonds is 6. The van der Waals surface area contributed by atoms with Crippen LogP contribution >= 0.6 is 22.8 Å². The van der Waals surface area contributed by atoms with E-state index in [2.05, 4.69) is 0 Å². The fraction of sp³-hybridized carbons (Fsp3) is 1.00. The van der Waals surface area contributed by atoms with Gasteiger partial charge in [0.25, 0.3) is 0 Å². The third-order valence-electron chi connectivity index (χ3n) is 2.83. The van der Waals surface area contributed by atoms with Crippen LogP contribution in [0.5, 0.6) is 0 Å². The Morgan fingerprint density at radius 3 is 1.44 bits per heavy atom. The highest BCUT2D eigenvalue weighted by atomic mass is 31.2. The van der Waals surface area contributed by atoms with Crippen LogP contribution in [0.25, 0.3) is 0 Å². The molecular formula is C6H17O9P3. The van der Waals surface area contributed by atoms with E-state index in [0.29, 0.717) is 0 Å². The number of hydrogen-bond donors (Lipinski definition) is 6. The average molecular weight is 326 g/mol. The molecule has 0 saturated carbocycles. The second-order valence-corrected chi connectivity index (χ2v) is 9.89. The maximum atomic E-state index is 11.4. The van der Waals surface area contributed by atoms with Crippen molar-refractivity contribution in [1.82, 2.24) is 0 Å². The molecule has 0 saturated heterocycles. The Bertz CT molecular complexity index is 406. The van der Waals surface area contributed by atoms with Crippen molar-refractivity contribution in [3.63, 3.8) is 0 Å². The maximum Gasteiger partial charge on any atom is 0.344 e. The predicted octanol–water partition coefficient (Wildman–Crippen LogP) is 0.262. The minimum atomic E-state index is -5.28. The molecule has 1 atom stereocenters. The summed E-state index contributed by atoms with van der Waals surface area (Å²) in [6.07, 6.45) is -1.63. The van der Waals surface area contributed by atoms with Gasteiger partial charge in [-0.05, 0) is 12.3 Å². The summed E-state index contributed by atoms with van der Waals surface area (Å²) in [4.78, 5) is 51.6. The first kappa shape index (κ1) is 18.4. The highest BCUT2D eigenvalue weighted by Gasteiger charge is 2.62. The quantitative estimate of drug-likeness (QED) is 0.374. The van der Waals surface area contributed by atoms with Crippen molar-refractivity contribution in [2.24, 2.45) is 5.92 Å². The zero-order valence-electron chi connectivity index (χ0n) is 9.74. The first-order valence-corrected chi connectivity index (χ1v) is 9.87. The van der Waals surface area contributed by atoms with Gasteiger partial charge in [0, 0.05) is 0 Å². The summed E-state index contributed by atoms with van der Waals surface area (Å²) in [7, 11) is -15.2. The predicted molar refractivity (Wildman–Crippen MR) is 63.2 cm³/mol. The molecule has 18 heavy (non-hydrogen) atoms. The van der Waals surface area contributed by atoms with E-state index < -0.39 is 46.2 Å². The van der Waals surface area contributed by atoms with Crippen LogP contribution in [0.1, 0.15) is 20.3 Å². The second kappa shape index (κ2) is 5.44. The van der Waals surface area contributed by atoms with Crippen molar-refractivity contribution in [3.05, 3.63) is 0 Å². The van der Waals surface area contributed by atoms with Crippen LogP contribution in [0.2, 0.25) is 0 Å². The second-order valence-electron chi connectivity index (χ2n) is 4.07. The van der Waals surface area contributed by atoms with Crippen LogP contribution in [-0.4, -0.2) is 40.4 Å². The molecule has 9 nitrogen and oxygen atoms in total. The third-order valence-corrected chi connectivity index (χ3v) is 8.95. The molecule has 0 aromatic rings. The summed E-state index contributed by atoms with van der Waals surface area (Å²) >= 11 is 0. The van der Waals surface area contributed by atoms with Gasteiger partial charge in [0.05, 0.1) is 6.16 Å². The van der Waals surface area contributed by atoms with E-state index >= 15 is 0 Å². The summed E-state index contributed by atoms with van der Waals surface area (Å²) in [5, 5.41) is 0. The smallest absolute Gasteiger partial charge is 0.324 e. The Hall–Kier alpha value is 0.450. The molecule has 1 unspecified atom stereocenters. The van der Waals surface area contributed by atoms with Crippen LogP contribution in [-0.2, 0) is 13.7 Å². The van der Waals surface area contributed by atoms with E-state index in [4.69, 9.17) is 9.79 Å². The standard InChI is InChI=1S/C6H17O9P3/c1-3-6(17(10,11)12,18(13,14)15)5(2)4-16(7,8)9/h5H,3-4H2,1-2H3,(H2,7,8,9)(H2,10,11,12)(H2,13,14,15). The Labute approximate surface area is 104 Å². The molecule has 0 heterocycles. The van der Waals surface area contributed by atoms with E-state index in [1.807, 2.05) is 0 Å². The monoisotopic (exact) mass is 326 g/mol. The molecule has 0 spiro atoms. The van der Waals surface area contributed by atoms with Gasteiger partial charge in [-0.2, -0.15) is 0 Å². The molecule has 0 aliphatic heterocycles. The van der Waals surface area contributed by atoms with Gasteiger partial charge in [0.2, 0.25) is 0 Å².